The number of hydrogen-bond acceptors (Lipinski definition) is 12. The van der Waals surface area contributed by atoms with Crippen LogP contribution in [0.3, 0.4) is 0 Å². The van der Waals surface area contributed by atoms with Crippen LogP contribution in [-0.4, -0.2) is 126 Å². The van der Waals surface area contributed by atoms with Crippen molar-refractivity contribution in [3.8, 4) is 11.3 Å². The fourth-order valence-corrected chi connectivity index (χ4v) is 9.61. The van der Waals surface area contributed by atoms with E-state index in [0.717, 1.165) is 23.4 Å². The third kappa shape index (κ3) is 9.48. The van der Waals surface area contributed by atoms with E-state index in [4.69, 9.17) is 29.4 Å². The van der Waals surface area contributed by atoms with E-state index in [1.807, 2.05) is 71.8 Å². The summed E-state index contributed by atoms with van der Waals surface area (Å²) in [7, 11) is 5.35. The van der Waals surface area contributed by atoms with E-state index in [1.54, 1.807) is 21.0 Å². The number of nitrogens with one attached hydrogen (secondary N) is 2. The fraction of sp³-hybridized carbons (Fsp3) is 0.705. The molecule has 14 atom stereocenters. The zero-order valence-corrected chi connectivity index (χ0v) is 36.4. The zero-order valence-electron chi connectivity index (χ0n) is 36.4. The molecule has 3 saturated heterocycles. The molecule has 14 nitrogen and oxygen atoms in total. The topological polar surface area (TPSA) is 178 Å². The van der Waals surface area contributed by atoms with Gasteiger partial charge in [0.15, 0.2) is 17.7 Å². The normalized spacial score (nSPS) is 38.0. The molecule has 0 bridgehead atoms. The number of nitrogens with zero attached hydrogens (tertiary/aromatic N) is 2. The number of rotatable bonds is 11. The highest BCUT2D eigenvalue weighted by atomic mass is 16.7. The van der Waals surface area contributed by atoms with E-state index < -0.39 is 77.6 Å². The summed E-state index contributed by atoms with van der Waals surface area (Å²) >= 11 is 0. The molecular formula is C44H69N5O9. The van der Waals surface area contributed by atoms with Crippen molar-refractivity contribution in [3.63, 3.8) is 0 Å². The monoisotopic (exact) mass is 812 g/mol. The van der Waals surface area contributed by atoms with Crippen molar-refractivity contribution in [3.05, 3.63) is 48.2 Å². The lowest BCUT2D eigenvalue weighted by Gasteiger charge is -2.48. The number of carbonyl (C=O) groups is 3. The Hall–Kier alpha value is -3.37. The van der Waals surface area contributed by atoms with E-state index in [2.05, 4.69) is 34.7 Å². The highest BCUT2D eigenvalue weighted by Crippen LogP contribution is 2.43. The van der Waals surface area contributed by atoms with Crippen LogP contribution >= 0.6 is 0 Å². The maximum atomic E-state index is 14.3. The summed E-state index contributed by atoms with van der Waals surface area (Å²) < 4.78 is 31.5. The van der Waals surface area contributed by atoms with Gasteiger partial charge in [0.2, 0.25) is 0 Å². The van der Waals surface area contributed by atoms with Crippen LogP contribution in [0.4, 0.5) is 4.79 Å². The van der Waals surface area contributed by atoms with Crippen LogP contribution in [0.2, 0.25) is 0 Å². The molecule has 3 aliphatic heterocycles. The predicted octanol–water partition coefficient (Wildman–Crippen LogP) is 5.08. The number of methoxy groups -OCH3 is 1. The van der Waals surface area contributed by atoms with Crippen molar-refractivity contribution in [1.82, 2.24) is 20.3 Å². The largest absolute Gasteiger partial charge is 0.458 e. The van der Waals surface area contributed by atoms with Gasteiger partial charge >= 0.3 is 12.1 Å². The van der Waals surface area contributed by atoms with Gasteiger partial charge in [-0.25, -0.2) is 15.2 Å². The van der Waals surface area contributed by atoms with Crippen molar-refractivity contribution in [2.24, 2.45) is 29.4 Å². The van der Waals surface area contributed by atoms with E-state index >= 15 is 0 Å². The number of ketones is 1. The first kappa shape index (κ1) is 45.7. The molecule has 4 heterocycles. The van der Waals surface area contributed by atoms with E-state index in [9.17, 15) is 19.5 Å². The summed E-state index contributed by atoms with van der Waals surface area (Å²) in [5, 5.41) is 13.0. The second-order valence-electron chi connectivity index (χ2n) is 17.7. The number of aliphatic hydroxyl groups excluding tert-OH is 1. The summed E-state index contributed by atoms with van der Waals surface area (Å²) in [5.74, 6) is -3.84. The quantitative estimate of drug-likeness (QED) is 0.135. The standard InChI is InChI=1S/C44H69N5O9/c1-12-34-44(8)38(49(42(53)58-44)46-22-16-19-31-20-21-32(47-31)30-17-14-13-15-18-30)27(4)35(45)25(2)24-43(7,54-11)39(28(5)36(50)29(6)40(52)56-34)57-41-37(51)33(48(9)10)23-26(3)55-41/h13-15,17-18,20-21,25-29,33-35,37-39,41,46-47,51H,12,16,19,22-24,45H2,1-11H3/t25-,26-,27+,28+,29-,33+,34-,35?,37-,38-,39-,41+,43+,44-/m1/s1. The number of cyclic esters (lactones) is 1. The molecule has 1 aromatic carbocycles. The SMILES string of the molecule is CC[C@H]1OC(=O)[C@H](C)C(=O)[C@H](C)[C@@H](O[C@@H]2O[C@H](C)C[C@H](N(C)C)[C@H]2O)[C@@](C)(OC)C[C@@H](C)C(N)[C@H](C)[C@H]2N(NCCCc3ccc(-c4ccccc4)[nH]3)C(=O)O[C@]12C. The van der Waals surface area contributed by atoms with Gasteiger partial charge in [-0.1, -0.05) is 58.0 Å². The molecule has 5 N–H and O–H groups in total. The summed E-state index contributed by atoms with van der Waals surface area (Å²) in [5.41, 5.74) is 11.3. The Kier molecular flexibility index (Phi) is 14.9. The lowest BCUT2D eigenvalue weighted by molar-refractivity contribution is -0.295. The molecule has 5 rings (SSSR count). The molecule has 14 heteroatoms. The number of amides is 1. The molecule has 0 aliphatic carbocycles. The second-order valence-corrected chi connectivity index (χ2v) is 17.7. The summed E-state index contributed by atoms with van der Waals surface area (Å²) in [6.07, 6.45) is -2.02. The number of aromatic amines is 1. The molecule has 0 spiro atoms. The van der Waals surface area contributed by atoms with Crippen LogP contribution in [0.1, 0.15) is 86.8 Å². The van der Waals surface area contributed by atoms with Gasteiger partial charge in [-0.2, -0.15) is 0 Å². The maximum absolute atomic E-state index is 14.3. The smallest absolute Gasteiger partial charge is 0.425 e. The number of Topliss-reactive ketones (excluding diaryl/α,β-unsaturated/α-hetero) is 1. The van der Waals surface area contributed by atoms with Gasteiger partial charge in [-0.05, 0) is 103 Å². The van der Waals surface area contributed by atoms with Crippen molar-refractivity contribution < 1.29 is 43.2 Å². The molecule has 1 unspecified atom stereocenters. The number of carbonyl (C=O) groups excluding carboxylic acids is 3. The van der Waals surface area contributed by atoms with Gasteiger partial charge in [0, 0.05) is 43.0 Å². The number of ether oxygens (including phenoxy) is 5. The van der Waals surface area contributed by atoms with Crippen molar-refractivity contribution in [1.29, 1.82) is 0 Å². The number of likely N-dealkylation sites (N-methyl/N-ethyl adjacent to an activating group) is 1. The van der Waals surface area contributed by atoms with Crippen LogP contribution in [0, 0.1) is 23.7 Å². The number of fused-ring (bicyclic) bond motifs is 1. The number of hydrazine groups is 1. The Morgan fingerprint density at radius 2 is 1.74 bits per heavy atom. The lowest BCUT2D eigenvalue weighted by Crippen LogP contribution is -2.63. The molecule has 58 heavy (non-hydrogen) atoms. The van der Waals surface area contributed by atoms with Crippen LogP contribution in [-0.2, 0) is 39.7 Å². The highest BCUT2D eigenvalue weighted by Gasteiger charge is 2.60. The molecule has 1 amide bonds. The number of benzene rings is 1. The maximum Gasteiger partial charge on any atom is 0.425 e. The number of aromatic nitrogens is 1. The average Bonchev–Trinajstić information content (AvgIpc) is 3.78. The number of nitrogens with two attached hydrogens (primary N) is 1. The highest BCUT2D eigenvalue weighted by molar-refractivity contribution is 6.00. The first-order valence-electron chi connectivity index (χ1n) is 21.1. The lowest BCUT2D eigenvalue weighted by atomic mass is 9.72. The van der Waals surface area contributed by atoms with Crippen LogP contribution in [0.15, 0.2) is 42.5 Å². The molecular weight excluding hydrogens is 743 g/mol. The molecule has 3 fully saturated rings. The molecule has 324 valence electrons. The number of aliphatic hydroxyl groups is 1. The molecule has 3 aliphatic rings. The third-order valence-corrected chi connectivity index (χ3v) is 13.2. The number of aryl methyl sites for hydroxylation is 1. The Morgan fingerprint density at radius 1 is 1.05 bits per heavy atom. The van der Waals surface area contributed by atoms with Gasteiger partial charge in [-0.15, -0.1) is 0 Å². The second kappa shape index (κ2) is 18.9. The summed E-state index contributed by atoms with van der Waals surface area (Å²) in [4.78, 5) is 47.7. The summed E-state index contributed by atoms with van der Waals surface area (Å²) in [6.45, 7) is 15.2. The number of hydrogen-bond donors (Lipinski definition) is 4. The van der Waals surface area contributed by atoms with E-state index in [1.165, 1.54) is 11.9 Å². The Morgan fingerprint density at radius 3 is 2.38 bits per heavy atom. The van der Waals surface area contributed by atoms with Gasteiger partial charge in [0.05, 0.1) is 23.9 Å². The minimum Gasteiger partial charge on any atom is -0.458 e. The van der Waals surface area contributed by atoms with Gasteiger partial charge in [0.25, 0.3) is 0 Å². The minimum atomic E-state index is -1.31. The van der Waals surface area contributed by atoms with Gasteiger partial charge in [-0.3, -0.25) is 9.59 Å². The fourth-order valence-electron chi connectivity index (χ4n) is 9.61. The van der Waals surface area contributed by atoms with Crippen LogP contribution in [0.5, 0.6) is 0 Å². The van der Waals surface area contributed by atoms with Crippen LogP contribution in [0.25, 0.3) is 11.3 Å². The Balaban J connectivity index is 1.43. The average molecular weight is 812 g/mol. The van der Waals surface area contributed by atoms with Crippen molar-refractivity contribution >= 4 is 17.8 Å². The minimum absolute atomic E-state index is 0.227. The van der Waals surface area contributed by atoms with E-state index in [-0.39, 0.29) is 24.0 Å². The first-order valence-corrected chi connectivity index (χ1v) is 21.1. The van der Waals surface area contributed by atoms with Crippen LogP contribution < -0.4 is 11.2 Å². The Bertz CT molecular complexity index is 1690. The molecule has 1 aromatic heterocycles. The molecule has 0 saturated carbocycles. The molecule has 0 radical (unpaired) electrons. The van der Waals surface area contributed by atoms with E-state index in [0.29, 0.717) is 32.2 Å². The zero-order chi connectivity index (χ0) is 42.7. The predicted molar refractivity (Wildman–Crippen MR) is 220 cm³/mol. The van der Waals surface area contributed by atoms with Crippen molar-refractivity contribution in [2.75, 3.05) is 27.7 Å². The summed E-state index contributed by atoms with van der Waals surface area (Å²) in [6, 6.07) is 12.8. The Labute approximate surface area is 344 Å². The number of esters is 1. The van der Waals surface area contributed by atoms with Crippen molar-refractivity contribution in [2.45, 2.75) is 148 Å². The van der Waals surface area contributed by atoms with Gasteiger partial charge in [0.1, 0.15) is 18.1 Å². The van der Waals surface area contributed by atoms with Gasteiger partial charge < -0.3 is 44.4 Å². The molecule has 2 aromatic rings. The third-order valence-electron chi connectivity index (χ3n) is 13.2. The first-order chi connectivity index (χ1) is 27.4. The number of H-pyrrole nitrogens is 1.